The van der Waals surface area contributed by atoms with E-state index in [1.807, 2.05) is 0 Å². The second-order valence-electron chi connectivity index (χ2n) is 5.99. The van der Waals surface area contributed by atoms with Crippen molar-refractivity contribution in [1.29, 1.82) is 5.26 Å². The minimum atomic E-state index is -5.43. The Kier molecular flexibility index (Phi) is 6.15. The van der Waals surface area contributed by atoms with Gasteiger partial charge in [0.2, 0.25) is 5.60 Å². The molecule has 0 aromatic heterocycles. The van der Waals surface area contributed by atoms with Crippen molar-refractivity contribution in [1.82, 2.24) is 0 Å². The van der Waals surface area contributed by atoms with Crippen molar-refractivity contribution in [2.24, 2.45) is 0 Å². The van der Waals surface area contributed by atoms with Crippen LogP contribution in [-0.2, 0) is 17.4 Å². The average molecular weight is 437 g/mol. The highest BCUT2D eigenvalue weighted by atomic mass is 35.5. The van der Waals surface area contributed by atoms with Crippen molar-refractivity contribution in [3.8, 4) is 6.07 Å². The Hall–Kier alpha value is -2.77. The molecule has 0 aliphatic carbocycles. The van der Waals surface area contributed by atoms with Crippen LogP contribution < -0.4 is 5.32 Å². The number of carbonyl (C=O) groups is 1. The van der Waals surface area contributed by atoms with Gasteiger partial charge in [-0.05, 0) is 35.9 Å². The number of alkyl halides is 6. The number of carbonyl (C=O) groups excluding carboxylic acids is 1. The van der Waals surface area contributed by atoms with E-state index in [1.165, 1.54) is 18.2 Å². The molecule has 0 saturated carbocycles. The van der Waals surface area contributed by atoms with Crippen LogP contribution in [0, 0.1) is 11.3 Å². The molecule has 2 N–H and O–H groups in total. The first-order chi connectivity index (χ1) is 13.3. The number of benzene rings is 2. The molecule has 2 aromatic rings. The molecule has 2 aromatic carbocycles. The SMILES string of the molecule is N#Cc1ccc(NC(=O)C(O)(Cc2ccc(Cl)cc2)C(F)(F)F)cc1C(F)(F)F. The molecule has 0 fully saturated rings. The summed E-state index contributed by atoms with van der Waals surface area (Å²) in [6.07, 6.45) is -11.6. The van der Waals surface area contributed by atoms with Gasteiger partial charge in [0.05, 0.1) is 17.2 Å². The Bertz CT molecular complexity index is 951. The molecule has 0 bridgehead atoms. The highest BCUT2D eigenvalue weighted by Crippen LogP contribution is 2.36. The molecule has 29 heavy (non-hydrogen) atoms. The first-order valence-electron chi connectivity index (χ1n) is 7.74. The molecule has 1 unspecified atom stereocenters. The van der Waals surface area contributed by atoms with Crippen LogP contribution in [0.1, 0.15) is 16.7 Å². The van der Waals surface area contributed by atoms with Crippen molar-refractivity contribution in [2.45, 2.75) is 24.4 Å². The van der Waals surface area contributed by atoms with Crippen molar-refractivity contribution < 1.29 is 36.2 Å². The van der Waals surface area contributed by atoms with Gasteiger partial charge >= 0.3 is 12.4 Å². The Balaban J connectivity index is 2.38. The van der Waals surface area contributed by atoms with Crippen LogP contribution in [0.4, 0.5) is 32.0 Å². The van der Waals surface area contributed by atoms with Gasteiger partial charge in [-0.25, -0.2) is 0 Å². The fraction of sp³-hybridized carbons (Fsp3) is 0.222. The van der Waals surface area contributed by atoms with Crippen LogP contribution in [0.15, 0.2) is 42.5 Å². The average Bonchev–Trinajstić information content (AvgIpc) is 2.61. The minimum absolute atomic E-state index is 0.0832. The summed E-state index contributed by atoms with van der Waals surface area (Å²) in [6, 6.07) is 7.97. The quantitative estimate of drug-likeness (QED) is 0.682. The van der Waals surface area contributed by atoms with Crippen LogP contribution in [0.3, 0.4) is 0 Å². The summed E-state index contributed by atoms with van der Waals surface area (Å²) in [6.45, 7) is 0. The maximum atomic E-state index is 13.4. The molecule has 1 atom stereocenters. The number of amides is 1. The predicted octanol–water partition coefficient (Wildman–Crippen LogP) is 4.71. The Morgan fingerprint density at radius 3 is 2.14 bits per heavy atom. The topological polar surface area (TPSA) is 73.1 Å². The molecule has 0 saturated heterocycles. The van der Waals surface area contributed by atoms with Gasteiger partial charge in [-0.3, -0.25) is 4.79 Å². The number of nitrogens with one attached hydrogen (secondary N) is 1. The number of hydrogen-bond donors (Lipinski definition) is 2. The number of hydrogen-bond acceptors (Lipinski definition) is 3. The van der Waals surface area contributed by atoms with Crippen molar-refractivity contribution >= 4 is 23.2 Å². The summed E-state index contributed by atoms with van der Waals surface area (Å²) in [7, 11) is 0. The first-order valence-corrected chi connectivity index (χ1v) is 8.12. The van der Waals surface area contributed by atoms with Gasteiger partial charge in [0, 0.05) is 17.1 Å². The lowest BCUT2D eigenvalue weighted by Gasteiger charge is -2.29. The third kappa shape index (κ3) is 4.99. The monoisotopic (exact) mass is 436 g/mol. The summed E-state index contributed by atoms with van der Waals surface area (Å²) in [5.41, 5.74) is -6.89. The number of nitrogens with zero attached hydrogens (tertiary/aromatic N) is 1. The summed E-state index contributed by atoms with van der Waals surface area (Å²) in [4.78, 5) is 12.2. The molecule has 1 amide bonds. The zero-order valence-electron chi connectivity index (χ0n) is 14.2. The summed E-state index contributed by atoms with van der Waals surface area (Å²) >= 11 is 5.64. The summed E-state index contributed by atoms with van der Waals surface area (Å²) in [5, 5.41) is 20.7. The maximum absolute atomic E-state index is 13.4. The third-order valence-corrected chi connectivity index (χ3v) is 4.17. The van der Waals surface area contributed by atoms with E-state index in [-0.39, 0.29) is 10.6 Å². The second-order valence-corrected chi connectivity index (χ2v) is 6.42. The van der Waals surface area contributed by atoms with Gasteiger partial charge in [-0.1, -0.05) is 23.7 Å². The van der Waals surface area contributed by atoms with Crippen molar-refractivity contribution in [3.63, 3.8) is 0 Å². The van der Waals surface area contributed by atoms with Crippen LogP contribution >= 0.6 is 11.6 Å². The molecular formula is C18H11ClF6N2O2. The van der Waals surface area contributed by atoms with Crippen LogP contribution in [-0.4, -0.2) is 22.8 Å². The Labute approximate surface area is 165 Å². The lowest BCUT2D eigenvalue weighted by molar-refractivity contribution is -0.248. The maximum Gasteiger partial charge on any atom is 0.426 e. The molecule has 0 aliphatic rings. The van der Waals surface area contributed by atoms with Gasteiger partial charge in [0.1, 0.15) is 0 Å². The third-order valence-electron chi connectivity index (χ3n) is 3.92. The molecule has 0 heterocycles. The Morgan fingerprint density at radius 1 is 1.07 bits per heavy atom. The van der Waals surface area contributed by atoms with Gasteiger partial charge in [-0.15, -0.1) is 0 Å². The molecule has 0 radical (unpaired) electrons. The van der Waals surface area contributed by atoms with E-state index in [0.29, 0.717) is 12.1 Å². The first kappa shape index (κ1) is 22.5. The highest BCUT2D eigenvalue weighted by molar-refractivity contribution is 6.30. The minimum Gasteiger partial charge on any atom is -0.372 e. The molecule has 0 spiro atoms. The van der Waals surface area contributed by atoms with E-state index in [9.17, 15) is 36.2 Å². The van der Waals surface area contributed by atoms with Gasteiger partial charge < -0.3 is 10.4 Å². The van der Waals surface area contributed by atoms with Crippen LogP contribution in [0.25, 0.3) is 0 Å². The molecular weight excluding hydrogens is 426 g/mol. The smallest absolute Gasteiger partial charge is 0.372 e. The van der Waals surface area contributed by atoms with E-state index in [1.54, 1.807) is 5.32 Å². The summed E-state index contributed by atoms with van der Waals surface area (Å²) < 4.78 is 79.3. The van der Waals surface area contributed by atoms with Gasteiger partial charge in [0.25, 0.3) is 5.91 Å². The normalized spacial score (nSPS) is 14.0. The highest BCUT2D eigenvalue weighted by Gasteiger charge is 2.59. The van der Waals surface area contributed by atoms with Crippen LogP contribution in [0.2, 0.25) is 5.02 Å². The summed E-state index contributed by atoms with van der Waals surface area (Å²) in [5.74, 6) is -1.97. The number of anilines is 1. The molecule has 2 rings (SSSR count). The zero-order valence-corrected chi connectivity index (χ0v) is 15.0. The second kappa shape index (κ2) is 7.93. The van der Waals surface area contributed by atoms with Gasteiger partial charge in [0.15, 0.2) is 0 Å². The lowest BCUT2D eigenvalue weighted by Crippen LogP contribution is -2.56. The predicted molar refractivity (Wildman–Crippen MR) is 90.9 cm³/mol. The fourth-order valence-corrected chi connectivity index (χ4v) is 2.52. The fourth-order valence-electron chi connectivity index (χ4n) is 2.40. The van der Waals surface area contributed by atoms with Crippen molar-refractivity contribution in [3.05, 3.63) is 64.2 Å². The molecule has 11 heteroatoms. The van der Waals surface area contributed by atoms with E-state index in [0.717, 1.165) is 18.2 Å². The number of halogens is 7. The largest absolute Gasteiger partial charge is 0.426 e. The number of nitriles is 1. The lowest BCUT2D eigenvalue weighted by atomic mass is 9.92. The molecule has 154 valence electrons. The van der Waals surface area contributed by atoms with Crippen molar-refractivity contribution in [2.75, 3.05) is 5.32 Å². The van der Waals surface area contributed by atoms with Gasteiger partial charge in [-0.2, -0.15) is 31.6 Å². The van der Waals surface area contributed by atoms with E-state index >= 15 is 0 Å². The van der Waals surface area contributed by atoms with E-state index in [4.69, 9.17) is 16.9 Å². The molecule has 4 nitrogen and oxygen atoms in total. The zero-order chi connectivity index (χ0) is 22.0. The molecule has 0 aliphatic heterocycles. The van der Waals surface area contributed by atoms with Crippen LogP contribution in [0.5, 0.6) is 0 Å². The number of aliphatic hydroxyl groups is 1. The van der Waals surface area contributed by atoms with E-state index < -0.39 is 47.1 Å². The Morgan fingerprint density at radius 2 is 1.66 bits per heavy atom. The standard InChI is InChI=1S/C18H11ClF6N2O2/c19-12-4-1-10(2-5-12)8-16(29,18(23,24)25)15(28)27-13-6-3-11(9-26)14(7-13)17(20,21)22/h1-7,29H,8H2,(H,27,28). The van der Waals surface area contributed by atoms with E-state index in [2.05, 4.69) is 0 Å². The number of rotatable bonds is 4.